The number of hydrogen-bond acceptors (Lipinski definition) is 4. The minimum Gasteiger partial charge on any atom is -0.370 e. The normalized spacial score (nSPS) is 10.6. The molecule has 6 nitrogen and oxygen atoms in total. The topological polar surface area (TPSA) is 115 Å². The SMILES string of the molecule is NCCN(CCCC(N)=O)CCCC(N)=O. The molecule has 94 valence electrons. The lowest BCUT2D eigenvalue weighted by molar-refractivity contribution is -0.118. The molecule has 0 aliphatic heterocycles. The molecule has 0 aromatic heterocycles. The van der Waals surface area contributed by atoms with Gasteiger partial charge in [-0.2, -0.15) is 0 Å². The van der Waals surface area contributed by atoms with Gasteiger partial charge in [-0.15, -0.1) is 0 Å². The van der Waals surface area contributed by atoms with Crippen LogP contribution in [0.25, 0.3) is 0 Å². The highest BCUT2D eigenvalue weighted by Gasteiger charge is 2.05. The summed E-state index contributed by atoms with van der Waals surface area (Å²) < 4.78 is 0. The van der Waals surface area contributed by atoms with Crippen molar-refractivity contribution in [1.82, 2.24) is 4.90 Å². The number of carbonyl (C=O) groups is 2. The van der Waals surface area contributed by atoms with Gasteiger partial charge >= 0.3 is 0 Å². The molecule has 0 atom stereocenters. The second kappa shape index (κ2) is 9.11. The fraction of sp³-hybridized carbons (Fsp3) is 0.800. The summed E-state index contributed by atoms with van der Waals surface area (Å²) in [5, 5.41) is 0. The summed E-state index contributed by atoms with van der Waals surface area (Å²) in [6.07, 6.45) is 2.23. The third-order valence-electron chi connectivity index (χ3n) is 2.24. The van der Waals surface area contributed by atoms with Crippen LogP contribution in [0.1, 0.15) is 25.7 Å². The number of hydrogen-bond donors (Lipinski definition) is 3. The Bertz CT molecular complexity index is 201. The van der Waals surface area contributed by atoms with E-state index < -0.39 is 0 Å². The molecule has 0 rings (SSSR count). The van der Waals surface area contributed by atoms with E-state index >= 15 is 0 Å². The number of nitrogens with zero attached hydrogens (tertiary/aromatic N) is 1. The summed E-state index contributed by atoms with van der Waals surface area (Å²) in [6.45, 7) is 2.88. The molecule has 0 radical (unpaired) electrons. The summed E-state index contributed by atoms with van der Waals surface area (Å²) in [4.78, 5) is 23.2. The van der Waals surface area contributed by atoms with Crippen molar-refractivity contribution in [2.24, 2.45) is 17.2 Å². The second-order valence-electron chi connectivity index (χ2n) is 3.77. The van der Waals surface area contributed by atoms with Crippen LogP contribution in [0.15, 0.2) is 0 Å². The number of carbonyl (C=O) groups excluding carboxylic acids is 2. The molecule has 0 aliphatic carbocycles. The van der Waals surface area contributed by atoms with Crippen LogP contribution in [0.2, 0.25) is 0 Å². The van der Waals surface area contributed by atoms with Crippen molar-refractivity contribution in [3.05, 3.63) is 0 Å². The Morgan fingerprint density at radius 2 is 1.31 bits per heavy atom. The maximum Gasteiger partial charge on any atom is 0.217 e. The molecule has 6 heteroatoms. The first-order valence-electron chi connectivity index (χ1n) is 5.55. The number of primary amides is 2. The molecule has 0 spiro atoms. The van der Waals surface area contributed by atoms with Gasteiger partial charge in [-0.1, -0.05) is 0 Å². The van der Waals surface area contributed by atoms with Gasteiger partial charge in [0.05, 0.1) is 0 Å². The van der Waals surface area contributed by atoms with E-state index in [1.165, 1.54) is 0 Å². The summed E-state index contributed by atoms with van der Waals surface area (Å²) in [6, 6.07) is 0. The van der Waals surface area contributed by atoms with Gasteiger partial charge < -0.3 is 22.1 Å². The fourth-order valence-corrected chi connectivity index (χ4v) is 1.47. The molecule has 6 N–H and O–H groups in total. The fourth-order valence-electron chi connectivity index (χ4n) is 1.47. The van der Waals surface area contributed by atoms with Gasteiger partial charge in [-0.3, -0.25) is 9.59 Å². The average molecular weight is 230 g/mol. The van der Waals surface area contributed by atoms with Gasteiger partial charge in [0.15, 0.2) is 0 Å². The van der Waals surface area contributed by atoms with Gasteiger partial charge in [0.2, 0.25) is 11.8 Å². The lowest BCUT2D eigenvalue weighted by Gasteiger charge is -2.20. The first-order valence-corrected chi connectivity index (χ1v) is 5.55. The van der Waals surface area contributed by atoms with E-state index in [1.807, 2.05) is 0 Å². The zero-order valence-electron chi connectivity index (χ0n) is 9.65. The lowest BCUT2D eigenvalue weighted by atomic mass is 10.2. The molecule has 0 saturated carbocycles. The van der Waals surface area contributed by atoms with E-state index in [9.17, 15) is 9.59 Å². The van der Waals surface area contributed by atoms with Crippen molar-refractivity contribution in [1.29, 1.82) is 0 Å². The van der Waals surface area contributed by atoms with Crippen molar-refractivity contribution in [2.75, 3.05) is 26.2 Å². The van der Waals surface area contributed by atoms with Gasteiger partial charge in [0, 0.05) is 25.9 Å². The van der Waals surface area contributed by atoms with E-state index in [2.05, 4.69) is 4.90 Å². The van der Waals surface area contributed by atoms with Crippen LogP contribution in [0, 0.1) is 0 Å². The molecule has 0 aromatic carbocycles. The number of rotatable bonds is 10. The average Bonchev–Trinajstić information content (AvgIpc) is 2.16. The van der Waals surface area contributed by atoms with Crippen LogP contribution in [0.4, 0.5) is 0 Å². The Hall–Kier alpha value is -1.14. The predicted octanol–water partition coefficient (Wildman–Crippen LogP) is -1.22. The molecule has 0 aromatic rings. The predicted molar refractivity (Wildman–Crippen MR) is 62.4 cm³/mol. The Kier molecular flexibility index (Phi) is 8.46. The van der Waals surface area contributed by atoms with E-state index in [0.29, 0.717) is 19.4 Å². The highest BCUT2D eigenvalue weighted by Crippen LogP contribution is 1.98. The van der Waals surface area contributed by atoms with Crippen molar-refractivity contribution >= 4 is 11.8 Å². The third kappa shape index (κ3) is 9.42. The largest absolute Gasteiger partial charge is 0.370 e. The first-order chi connectivity index (χ1) is 7.56. The van der Waals surface area contributed by atoms with Crippen LogP contribution in [-0.2, 0) is 9.59 Å². The monoisotopic (exact) mass is 230 g/mol. The smallest absolute Gasteiger partial charge is 0.217 e. The van der Waals surface area contributed by atoms with Crippen molar-refractivity contribution in [3.63, 3.8) is 0 Å². The molecule has 0 fully saturated rings. The van der Waals surface area contributed by atoms with Crippen molar-refractivity contribution < 1.29 is 9.59 Å². The summed E-state index contributed by atoms with van der Waals surface area (Å²) in [7, 11) is 0. The molecule has 0 aliphatic rings. The van der Waals surface area contributed by atoms with Crippen LogP contribution in [0.5, 0.6) is 0 Å². The van der Waals surface area contributed by atoms with E-state index in [1.54, 1.807) is 0 Å². The maximum atomic E-state index is 10.6. The molecule has 0 unspecified atom stereocenters. The molecule has 0 bridgehead atoms. The zero-order chi connectivity index (χ0) is 12.4. The Morgan fingerprint density at radius 1 is 0.875 bits per heavy atom. The van der Waals surface area contributed by atoms with E-state index in [0.717, 1.165) is 32.5 Å². The molecule has 2 amide bonds. The van der Waals surface area contributed by atoms with Crippen LogP contribution >= 0.6 is 0 Å². The third-order valence-corrected chi connectivity index (χ3v) is 2.24. The highest BCUT2D eigenvalue weighted by atomic mass is 16.1. The Balaban J connectivity index is 3.69. The van der Waals surface area contributed by atoms with E-state index in [4.69, 9.17) is 17.2 Å². The molecule has 0 heterocycles. The van der Waals surface area contributed by atoms with Crippen molar-refractivity contribution in [2.45, 2.75) is 25.7 Å². The Labute approximate surface area is 96.1 Å². The summed E-state index contributed by atoms with van der Waals surface area (Å²) in [5.74, 6) is -0.574. The second-order valence-corrected chi connectivity index (χ2v) is 3.77. The standard InChI is InChI=1S/C10H22N4O2/c11-5-8-14(6-1-3-9(12)15)7-2-4-10(13)16/h1-8,11H2,(H2,12,15)(H2,13,16). The molecule has 0 saturated heterocycles. The zero-order valence-corrected chi connectivity index (χ0v) is 9.65. The molecular weight excluding hydrogens is 208 g/mol. The van der Waals surface area contributed by atoms with Crippen LogP contribution in [-0.4, -0.2) is 42.9 Å². The Morgan fingerprint density at radius 3 is 1.62 bits per heavy atom. The minimum absolute atomic E-state index is 0.287. The van der Waals surface area contributed by atoms with Crippen LogP contribution in [0.3, 0.4) is 0 Å². The van der Waals surface area contributed by atoms with Gasteiger partial charge in [0.25, 0.3) is 0 Å². The quantitative estimate of drug-likeness (QED) is 0.436. The van der Waals surface area contributed by atoms with Gasteiger partial charge in [-0.25, -0.2) is 0 Å². The molecule has 16 heavy (non-hydrogen) atoms. The lowest BCUT2D eigenvalue weighted by Crippen LogP contribution is -2.32. The van der Waals surface area contributed by atoms with Crippen LogP contribution < -0.4 is 17.2 Å². The van der Waals surface area contributed by atoms with Gasteiger partial charge in [-0.05, 0) is 25.9 Å². The number of nitrogens with two attached hydrogens (primary N) is 3. The van der Waals surface area contributed by atoms with Crippen molar-refractivity contribution in [3.8, 4) is 0 Å². The van der Waals surface area contributed by atoms with E-state index in [-0.39, 0.29) is 11.8 Å². The first kappa shape index (κ1) is 14.9. The number of amides is 2. The summed E-state index contributed by atoms with van der Waals surface area (Å²) >= 11 is 0. The maximum absolute atomic E-state index is 10.6. The highest BCUT2D eigenvalue weighted by molar-refractivity contribution is 5.73. The van der Waals surface area contributed by atoms with Gasteiger partial charge in [0.1, 0.15) is 0 Å². The minimum atomic E-state index is -0.287. The summed E-state index contributed by atoms with van der Waals surface area (Å²) in [5.41, 5.74) is 15.6. The molecular formula is C10H22N4O2.